The second-order valence-electron chi connectivity index (χ2n) is 4.95. The van der Waals surface area contributed by atoms with E-state index in [0.29, 0.717) is 13.1 Å². The number of hydrogen-bond acceptors (Lipinski definition) is 2. The number of amides is 1. The van der Waals surface area contributed by atoms with Gasteiger partial charge in [-0.3, -0.25) is 4.79 Å². The van der Waals surface area contributed by atoms with Crippen LogP contribution in [0.5, 0.6) is 0 Å². The van der Waals surface area contributed by atoms with Crippen molar-refractivity contribution < 1.29 is 4.79 Å². The van der Waals surface area contributed by atoms with Crippen molar-refractivity contribution in [2.75, 3.05) is 7.05 Å². The van der Waals surface area contributed by atoms with Gasteiger partial charge >= 0.3 is 0 Å². The summed E-state index contributed by atoms with van der Waals surface area (Å²) in [6, 6.07) is 15.6. The standard InChI is InChI=1S/C17H20N2O/c1-13-7-3-6-10-16(13)17(20)19(2)12-15-9-5-4-8-14(15)11-18/h3-10H,11-12,18H2,1-2H3. The summed E-state index contributed by atoms with van der Waals surface area (Å²) in [5.41, 5.74) is 9.66. The molecule has 0 aromatic heterocycles. The van der Waals surface area contributed by atoms with Crippen LogP contribution in [-0.2, 0) is 13.1 Å². The van der Waals surface area contributed by atoms with Crippen molar-refractivity contribution in [2.45, 2.75) is 20.0 Å². The summed E-state index contributed by atoms with van der Waals surface area (Å²) < 4.78 is 0. The fraction of sp³-hybridized carbons (Fsp3) is 0.235. The number of carbonyl (C=O) groups is 1. The Labute approximate surface area is 120 Å². The third-order valence-corrected chi connectivity index (χ3v) is 3.47. The Kier molecular flexibility index (Phi) is 4.53. The molecule has 0 unspecified atom stereocenters. The number of aryl methyl sites for hydroxylation is 1. The van der Waals surface area contributed by atoms with Gasteiger partial charge in [0.15, 0.2) is 0 Å². The average molecular weight is 268 g/mol. The molecule has 0 bridgehead atoms. The van der Waals surface area contributed by atoms with Crippen molar-refractivity contribution in [1.82, 2.24) is 4.90 Å². The number of benzene rings is 2. The van der Waals surface area contributed by atoms with Crippen LogP contribution in [0.4, 0.5) is 0 Å². The Morgan fingerprint density at radius 3 is 2.30 bits per heavy atom. The summed E-state index contributed by atoms with van der Waals surface area (Å²) in [5, 5.41) is 0. The van der Waals surface area contributed by atoms with Gasteiger partial charge in [0.1, 0.15) is 0 Å². The summed E-state index contributed by atoms with van der Waals surface area (Å²) >= 11 is 0. The molecular weight excluding hydrogens is 248 g/mol. The third-order valence-electron chi connectivity index (χ3n) is 3.47. The predicted molar refractivity (Wildman–Crippen MR) is 81.3 cm³/mol. The first-order valence-electron chi connectivity index (χ1n) is 6.71. The van der Waals surface area contributed by atoms with Crippen LogP contribution in [-0.4, -0.2) is 17.9 Å². The zero-order valence-corrected chi connectivity index (χ0v) is 12.0. The van der Waals surface area contributed by atoms with Crippen molar-refractivity contribution in [3.05, 3.63) is 70.8 Å². The van der Waals surface area contributed by atoms with Gasteiger partial charge in [0.25, 0.3) is 5.91 Å². The molecule has 0 aliphatic rings. The van der Waals surface area contributed by atoms with Crippen LogP contribution in [0.3, 0.4) is 0 Å². The fourth-order valence-corrected chi connectivity index (χ4v) is 2.26. The Bertz CT molecular complexity index is 607. The smallest absolute Gasteiger partial charge is 0.254 e. The van der Waals surface area contributed by atoms with E-state index in [9.17, 15) is 4.79 Å². The number of hydrogen-bond donors (Lipinski definition) is 1. The molecule has 2 aromatic carbocycles. The molecule has 0 fully saturated rings. The number of nitrogens with zero attached hydrogens (tertiary/aromatic N) is 1. The molecule has 0 saturated heterocycles. The minimum atomic E-state index is 0.0370. The lowest BCUT2D eigenvalue weighted by molar-refractivity contribution is 0.0784. The monoisotopic (exact) mass is 268 g/mol. The highest BCUT2D eigenvalue weighted by molar-refractivity contribution is 5.95. The molecule has 0 spiro atoms. The van der Waals surface area contributed by atoms with E-state index >= 15 is 0 Å². The maximum Gasteiger partial charge on any atom is 0.254 e. The van der Waals surface area contributed by atoms with Crippen molar-refractivity contribution in [3.63, 3.8) is 0 Å². The Balaban J connectivity index is 2.18. The van der Waals surface area contributed by atoms with Gasteiger partial charge in [-0.15, -0.1) is 0 Å². The zero-order chi connectivity index (χ0) is 14.5. The molecule has 0 heterocycles. The molecule has 3 nitrogen and oxygen atoms in total. The van der Waals surface area contributed by atoms with Crippen molar-refractivity contribution in [2.24, 2.45) is 5.73 Å². The summed E-state index contributed by atoms with van der Waals surface area (Å²) in [4.78, 5) is 14.2. The van der Waals surface area contributed by atoms with Crippen LogP contribution >= 0.6 is 0 Å². The summed E-state index contributed by atoms with van der Waals surface area (Å²) in [6.07, 6.45) is 0. The van der Waals surface area contributed by atoms with Crippen LogP contribution < -0.4 is 5.73 Å². The van der Waals surface area contributed by atoms with Crippen molar-refractivity contribution in [1.29, 1.82) is 0 Å². The number of rotatable bonds is 4. The third kappa shape index (κ3) is 3.06. The van der Waals surface area contributed by atoms with Crippen LogP contribution in [0.25, 0.3) is 0 Å². The molecule has 0 atom stereocenters. The molecule has 2 aromatic rings. The molecule has 104 valence electrons. The zero-order valence-electron chi connectivity index (χ0n) is 12.0. The van der Waals surface area contributed by atoms with Gasteiger partial charge in [-0.25, -0.2) is 0 Å². The van der Waals surface area contributed by atoms with Crippen molar-refractivity contribution in [3.8, 4) is 0 Å². The van der Waals surface area contributed by atoms with E-state index in [2.05, 4.69) is 0 Å². The van der Waals surface area contributed by atoms with E-state index in [1.165, 1.54) is 0 Å². The first kappa shape index (κ1) is 14.3. The number of nitrogens with two attached hydrogens (primary N) is 1. The molecule has 3 heteroatoms. The highest BCUT2D eigenvalue weighted by atomic mass is 16.2. The molecule has 0 radical (unpaired) electrons. The fourth-order valence-electron chi connectivity index (χ4n) is 2.26. The van der Waals surface area contributed by atoms with Crippen LogP contribution in [0, 0.1) is 6.92 Å². The SMILES string of the molecule is Cc1ccccc1C(=O)N(C)Cc1ccccc1CN. The minimum absolute atomic E-state index is 0.0370. The van der Waals surface area contributed by atoms with Gasteiger partial charge in [0.05, 0.1) is 0 Å². The maximum absolute atomic E-state index is 12.5. The molecule has 0 aliphatic heterocycles. The molecule has 20 heavy (non-hydrogen) atoms. The highest BCUT2D eigenvalue weighted by Gasteiger charge is 2.14. The normalized spacial score (nSPS) is 10.3. The van der Waals surface area contributed by atoms with E-state index in [0.717, 1.165) is 22.3 Å². The van der Waals surface area contributed by atoms with E-state index < -0.39 is 0 Å². The summed E-state index contributed by atoms with van der Waals surface area (Å²) in [5.74, 6) is 0.0370. The molecule has 1 amide bonds. The second-order valence-corrected chi connectivity index (χ2v) is 4.95. The van der Waals surface area contributed by atoms with Crippen molar-refractivity contribution >= 4 is 5.91 Å². The lowest BCUT2D eigenvalue weighted by atomic mass is 10.1. The summed E-state index contributed by atoms with van der Waals surface area (Å²) in [7, 11) is 1.82. The highest BCUT2D eigenvalue weighted by Crippen LogP contribution is 2.14. The molecule has 0 aliphatic carbocycles. The maximum atomic E-state index is 12.5. The van der Waals surface area contributed by atoms with Gasteiger partial charge in [-0.1, -0.05) is 42.5 Å². The Morgan fingerprint density at radius 1 is 1.05 bits per heavy atom. The topological polar surface area (TPSA) is 46.3 Å². The molecule has 0 saturated carbocycles. The number of carbonyl (C=O) groups excluding carboxylic acids is 1. The molecular formula is C17H20N2O. The molecule has 2 N–H and O–H groups in total. The first-order chi connectivity index (χ1) is 9.63. The summed E-state index contributed by atoms with van der Waals surface area (Å²) in [6.45, 7) is 3.01. The lowest BCUT2D eigenvalue weighted by Gasteiger charge is -2.20. The van der Waals surface area contributed by atoms with Gasteiger partial charge < -0.3 is 10.6 Å². The van der Waals surface area contributed by atoms with Gasteiger partial charge in [0.2, 0.25) is 0 Å². The quantitative estimate of drug-likeness (QED) is 0.926. The van der Waals surface area contributed by atoms with Crippen LogP contribution in [0.15, 0.2) is 48.5 Å². The van der Waals surface area contributed by atoms with Crippen LogP contribution in [0.2, 0.25) is 0 Å². The van der Waals surface area contributed by atoms with Gasteiger partial charge in [-0.05, 0) is 29.7 Å². The van der Waals surface area contributed by atoms with E-state index in [1.807, 2.05) is 62.5 Å². The van der Waals surface area contributed by atoms with E-state index in [1.54, 1.807) is 4.90 Å². The average Bonchev–Trinajstić information content (AvgIpc) is 2.47. The molecule has 2 rings (SSSR count). The Morgan fingerprint density at radius 2 is 1.65 bits per heavy atom. The van der Waals surface area contributed by atoms with Gasteiger partial charge in [-0.2, -0.15) is 0 Å². The Hall–Kier alpha value is -2.13. The predicted octanol–water partition coefficient (Wildman–Crippen LogP) is 2.73. The van der Waals surface area contributed by atoms with Crippen LogP contribution in [0.1, 0.15) is 27.0 Å². The lowest BCUT2D eigenvalue weighted by Crippen LogP contribution is -2.27. The van der Waals surface area contributed by atoms with E-state index in [-0.39, 0.29) is 5.91 Å². The largest absolute Gasteiger partial charge is 0.337 e. The first-order valence-corrected chi connectivity index (χ1v) is 6.71. The second kappa shape index (κ2) is 6.35. The van der Waals surface area contributed by atoms with E-state index in [4.69, 9.17) is 5.73 Å². The minimum Gasteiger partial charge on any atom is -0.337 e. The van der Waals surface area contributed by atoms with Gasteiger partial charge in [0, 0.05) is 25.7 Å².